The minimum atomic E-state index is 0.408. The maximum Gasteiger partial charge on any atom is 0.156 e. The van der Waals surface area contributed by atoms with Crippen molar-refractivity contribution in [3.63, 3.8) is 0 Å². The molecule has 28 heavy (non-hydrogen) atoms. The zero-order chi connectivity index (χ0) is 20.1. The molecule has 0 saturated carbocycles. The number of benzene rings is 2. The van der Waals surface area contributed by atoms with Crippen molar-refractivity contribution < 1.29 is 4.74 Å². The van der Waals surface area contributed by atoms with Gasteiger partial charge < -0.3 is 4.74 Å². The van der Waals surface area contributed by atoms with E-state index < -0.39 is 0 Å². The minimum Gasteiger partial charge on any atom is -0.490 e. The summed E-state index contributed by atoms with van der Waals surface area (Å²) in [5.74, 6) is 0.458. The van der Waals surface area contributed by atoms with Gasteiger partial charge in [-0.3, -0.25) is 0 Å². The third-order valence-electron chi connectivity index (χ3n) is 3.78. The molecule has 1 aromatic heterocycles. The molecule has 0 spiro atoms. The van der Waals surface area contributed by atoms with Gasteiger partial charge in [-0.25, -0.2) is 4.98 Å². The van der Waals surface area contributed by atoms with Crippen LogP contribution in [-0.2, 0) is 0 Å². The first-order chi connectivity index (χ1) is 13.5. The molecule has 7 heteroatoms. The first-order valence-corrected chi connectivity index (χ1v) is 10.5. The van der Waals surface area contributed by atoms with Crippen LogP contribution >= 0.6 is 46.1 Å². The SMILES string of the molecule is CCCOc1c(Cl)cc(/C=C(/C#N)c2nc(-c3ccc(Cl)cc3)cs2)cc1Cl. The Morgan fingerprint density at radius 2 is 1.86 bits per heavy atom. The van der Waals surface area contributed by atoms with Crippen molar-refractivity contribution in [3.8, 4) is 23.1 Å². The van der Waals surface area contributed by atoms with E-state index in [2.05, 4.69) is 11.1 Å². The first kappa shape index (κ1) is 20.7. The number of ether oxygens (including phenoxy) is 1. The molecule has 0 atom stereocenters. The molecule has 2 aromatic carbocycles. The highest BCUT2D eigenvalue weighted by molar-refractivity contribution is 7.11. The molecule has 0 aliphatic carbocycles. The van der Waals surface area contributed by atoms with Crippen LogP contribution in [0.5, 0.6) is 5.75 Å². The van der Waals surface area contributed by atoms with E-state index in [1.807, 2.05) is 36.6 Å². The summed E-state index contributed by atoms with van der Waals surface area (Å²) in [5, 5.41) is 13.6. The van der Waals surface area contributed by atoms with Crippen molar-refractivity contribution in [3.05, 3.63) is 67.4 Å². The summed E-state index contributed by atoms with van der Waals surface area (Å²) < 4.78 is 5.58. The normalized spacial score (nSPS) is 11.3. The Balaban J connectivity index is 1.91. The fourth-order valence-electron chi connectivity index (χ4n) is 2.46. The predicted octanol–water partition coefficient (Wildman–Crippen LogP) is 7.62. The smallest absolute Gasteiger partial charge is 0.156 e. The number of aromatic nitrogens is 1. The van der Waals surface area contributed by atoms with Gasteiger partial charge in [-0.05, 0) is 42.3 Å². The second-order valence-corrected chi connectivity index (χ2v) is 7.99. The molecule has 0 bridgehead atoms. The zero-order valence-electron chi connectivity index (χ0n) is 14.9. The summed E-state index contributed by atoms with van der Waals surface area (Å²) >= 11 is 19.9. The van der Waals surface area contributed by atoms with Gasteiger partial charge in [-0.2, -0.15) is 5.26 Å². The monoisotopic (exact) mass is 448 g/mol. The summed E-state index contributed by atoms with van der Waals surface area (Å²) in [5.41, 5.74) is 2.86. The average molecular weight is 450 g/mol. The quantitative estimate of drug-likeness (QED) is 0.363. The highest BCUT2D eigenvalue weighted by Gasteiger charge is 2.12. The number of allylic oxidation sites excluding steroid dienone is 1. The Bertz CT molecular complexity index is 1030. The maximum atomic E-state index is 9.61. The van der Waals surface area contributed by atoms with Gasteiger partial charge in [0.1, 0.15) is 11.1 Å². The molecule has 1 heterocycles. The van der Waals surface area contributed by atoms with Crippen LogP contribution in [0.25, 0.3) is 22.9 Å². The van der Waals surface area contributed by atoms with E-state index in [-0.39, 0.29) is 0 Å². The molecule has 3 rings (SSSR count). The largest absolute Gasteiger partial charge is 0.490 e. The number of hydrogen-bond acceptors (Lipinski definition) is 4. The molecular formula is C21H15Cl3N2OS. The molecule has 0 radical (unpaired) electrons. The average Bonchev–Trinajstić information content (AvgIpc) is 3.16. The van der Waals surface area contributed by atoms with Gasteiger partial charge in [-0.15, -0.1) is 11.3 Å². The number of nitriles is 1. The van der Waals surface area contributed by atoms with Gasteiger partial charge >= 0.3 is 0 Å². The van der Waals surface area contributed by atoms with E-state index in [0.29, 0.717) is 43.6 Å². The van der Waals surface area contributed by atoms with Gasteiger partial charge in [0, 0.05) is 16.0 Å². The van der Waals surface area contributed by atoms with E-state index in [0.717, 1.165) is 17.7 Å². The van der Waals surface area contributed by atoms with Crippen molar-refractivity contribution in [2.24, 2.45) is 0 Å². The lowest BCUT2D eigenvalue weighted by Gasteiger charge is -2.10. The van der Waals surface area contributed by atoms with Crippen molar-refractivity contribution in [1.82, 2.24) is 4.98 Å². The standard InChI is InChI=1S/C21H15Cl3N2OS/c1-2-7-27-20-17(23)9-13(10-18(20)24)8-15(11-25)21-26-19(12-28-21)14-3-5-16(22)6-4-14/h3-6,8-10,12H,2,7H2,1H3/b15-8-. The van der Waals surface area contributed by atoms with E-state index in [9.17, 15) is 5.26 Å². The number of halogens is 3. The van der Waals surface area contributed by atoms with E-state index >= 15 is 0 Å². The molecule has 0 aliphatic rings. The molecule has 142 valence electrons. The Kier molecular flexibility index (Phi) is 6.98. The fraction of sp³-hybridized carbons (Fsp3) is 0.143. The van der Waals surface area contributed by atoms with Crippen molar-refractivity contribution in [2.45, 2.75) is 13.3 Å². The zero-order valence-corrected chi connectivity index (χ0v) is 18.0. The van der Waals surface area contributed by atoms with Crippen molar-refractivity contribution in [1.29, 1.82) is 5.26 Å². The summed E-state index contributed by atoms with van der Waals surface area (Å²) in [6, 6.07) is 13.1. The van der Waals surface area contributed by atoms with Crippen LogP contribution in [0.15, 0.2) is 41.8 Å². The van der Waals surface area contributed by atoms with E-state index in [1.165, 1.54) is 11.3 Å². The van der Waals surface area contributed by atoms with Gasteiger partial charge in [0.15, 0.2) is 5.75 Å². The van der Waals surface area contributed by atoms with Crippen molar-refractivity contribution in [2.75, 3.05) is 6.61 Å². The Hall–Kier alpha value is -2.03. The molecular weight excluding hydrogens is 435 g/mol. The lowest BCUT2D eigenvalue weighted by Crippen LogP contribution is -1.96. The number of thiazole rings is 1. The third kappa shape index (κ3) is 4.87. The fourth-order valence-corrected chi connectivity index (χ4v) is 4.00. The number of nitrogens with zero attached hydrogens (tertiary/aromatic N) is 2. The van der Waals surface area contributed by atoms with Crippen LogP contribution in [0.4, 0.5) is 0 Å². The van der Waals surface area contributed by atoms with Crippen LogP contribution in [0.1, 0.15) is 23.9 Å². The van der Waals surface area contributed by atoms with Crippen LogP contribution in [0.3, 0.4) is 0 Å². The molecule has 0 N–H and O–H groups in total. The van der Waals surface area contributed by atoms with E-state index in [1.54, 1.807) is 18.2 Å². The van der Waals surface area contributed by atoms with Crippen LogP contribution in [0, 0.1) is 11.3 Å². The Morgan fingerprint density at radius 1 is 1.18 bits per heavy atom. The summed E-state index contributed by atoms with van der Waals surface area (Å²) in [4.78, 5) is 4.57. The molecule has 0 amide bonds. The highest BCUT2D eigenvalue weighted by atomic mass is 35.5. The van der Waals surface area contributed by atoms with Gasteiger partial charge in [-0.1, -0.05) is 53.9 Å². The number of rotatable bonds is 6. The maximum absolute atomic E-state index is 9.61. The van der Waals surface area contributed by atoms with Gasteiger partial charge in [0.05, 0.1) is 27.9 Å². The second-order valence-electron chi connectivity index (χ2n) is 5.88. The van der Waals surface area contributed by atoms with Crippen LogP contribution < -0.4 is 4.74 Å². The Morgan fingerprint density at radius 3 is 2.46 bits per heavy atom. The van der Waals surface area contributed by atoms with Gasteiger partial charge in [0.2, 0.25) is 0 Å². The Labute approximate surface area is 182 Å². The predicted molar refractivity (Wildman–Crippen MR) is 118 cm³/mol. The molecule has 0 unspecified atom stereocenters. The molecule has 3 nitrogen and oxygen atoms in total. The van der Waals surface area contributed by atoms with Crippen molar-refractivity contribution >= 4 is 57.8 Å². The van der Waals surface area contributed by atoms with Gasteiger partial charge in [0.25, 0.3) is 0 Å². The van der Waals surface area contributed by atoms with E-state index in [4.69, 9.17) is 39.5 Å². The summed E-state index contributed by atoms with van der Waals surface area (Å²) in [6.45, 7) is 2.54. The lowest BCUT2D eigenvalue weighted by molar-refractivity contribution is 0.318. The lowest BCUT2D eigenvalue weighted by atomic mass is 10.1. The van der Waals surface area contributed by atoms with Crippen LogP contribution in [0.2, 0.25) is 15.1 Å². The summed E-state index contributed by atoms with van der Waals surface area (Å²) in [7, 11) is 0. The number of hydrogen-bond donors (Lipinski definition) is 0. The second kappa shape index (κ2) is 9.45. The molecule has 3 aromatic rings. The topological polar surface area (TPSA) is 45.9 Å². The van der Waals surface area contributed by atoms with Crippen LogP contribution in [-0.4, -0.2) is 11.6 Å². The minimum absolute atomic E-state index is 0.408. The summed E-state index contributed by atoms with van der Waals surface area (Å²) in [6.07, 6.45) is 2.57. The third-order valence-corrected chi connectivity index (χ3v) is 5.47. The highest BCUT2D eigenvalue weighted by Crippen LogP contribution is 2.36. The molecule has 0 saturated heterocycles. The molecule has 0 aliphatic heterocycles. The first-order valence-electron chi connectivity index (χ1n) is 8.47. The molecule has 0 fully saturated rings.